The van der Waals surface area contributed by atoms with E-state index in [-0.39, 0.29) is 5.92 Å². The minimum absolute atomic E-state index is 0.247. The molecule has 3 heteroatoms. The molecule has 0 radical (unpaired) electrons. The average Bonchev–Trinajstić information content (AvgIpc) is 2.49. The summed E-state index contributed by atoms with van der Waals surface area (Å²) in [5, 5.41) is 8.76. The monoisotopic (exact) mass is 166 g/mol. The second kappa shape index (κ2) is 2.66. The van der Waals surface area contributed by atoms with Crippen molar-refractivity contribution in [2.75, 3.05) is 0 Å². The van der Waals surface area contributed by atoms with Crippen molar-refractivity contribution in [1.29, 1.82) is 0 Å². The molecule has 2 rings (SSSR count). The van der Waals surface area contributed by atoms with Crippen LogP contribution in [0.3, 0.4) is 0 Å². The van der Waals surface area contributed by atoms with Crippen LogP contribution in [0.1, 0.15) is 17.7 Å². The SMILES string of the molecule is O=C(O)[C@@H]1CCc2ccoc2C1. The minimum atomic E-state index is -0.711. The third kappa shape index (κ3) is 1.11. The van der Waals surface area contributed by atoms with Crippen LogP contribution in [-0.2, 0) is 17.6 Å². The molecule has 0 aromatic carbocycles. The summed E-state index contributed by atoms with van der Waals surface area (Å²) in [5.74, 6) is -0.102. The average molecular weight is 166 g/mol. The van der Waals surface area contributed by atoms with E-state index in [0.717, 1.165) is 18.6 Å². The number of hydrogen-bond donors (Lipinski definition) is 1. The maximum absolute atomic E-state index is 10.6. The number of aliphatic carboxylic acids is 1. The van der Waals surface area contributed by atoms with Crippen LogP contribution in [0.25, 0.3) is 0 Å². The summed E-state index contributed by atoms with van der Waals surface area (Å²) in [5.41, 5.74) is 1.17. The van der Waals surface area contributed by atoms with E-state index < -0.39 is 5.97 Å². The summed E-state index contributed by atoms with van der Waals surface area (Å²) in [4.78, 5) is 10.6. The summed E-state index contributed by atoms with van der Waals surface area (Å²) in [7, 11) is 0. The number of aryl methyl sites for hydroxylation is 1. The Morgan fingerprint density at radius 3 is 3.25 bits per heavy atom. The molecule has 0 saturated carbocycles. The van der Waals surface area contributed by atoms with Crippen molar-refractivity contribution in [3.05, 3.63) is 23.7 Å². The zero-order valence-corrected chi connectivity index (χ0v) is 6.62. The van der Waals surface area contributed by atoms with Crippen LogP contribution in [0.5, 0.6) is 0 Å². The van der Waals surface area contributed by atoms with Gasteiger partial charge in [0.25, 0.3) is 0 Å². The van der Waals surface area contributed by atoms with Crippen molar-refractivity contribution < 1.29 is 14.3 Å². The van der Waals surface area contributed by atoms with E-state index in [4.69, 9.17) is 9.52 Å². The van der Waals surface area contributed by atoms with E-state index in [2.05, 4.69) is 0 Å². The van der Waals surface area contributed by atoms with Crippen molar-refractivity contribution in [2.45, 2.75) is 19.3 Å². The normalized spacial score (nSPS) is 21.8. The molecule has 0 unspecified atom stereocenters. The van der Waals surface area contributed by atoms with Gasteiger partial charge in [0.15, 0.2) is 0 Å². The fourth-order valence-corrected chi connectivity index (χ4v) is 1.64. The molecule has 0 aliphatic heterocycles. The highest BCUT2D eigenvalue weighted by Gasteiger charge is 2.25. The second-order valence-electron chi connectivity index (χ2n) is 3.15. The first-order valence-electron chi connectivity index (χ1n) is 4.05. The van der Waals surface area contributed by atoms with Crippen LogP contribution >= 0.6 is 0 Å². The molecular weight excluding hydrogens is 156 g/mol. The van der Waals surface area contributed by atoms with Crippen LogP contribution in [0, 0.1) is 5.92 Å². The Morgan fingerprint density at radius 1 is 1.67 bits per heavy atom. The lowest BCUT2D eigenvalue weighted by Gasteiger charge is -2.16. The Kier molecular flexibility index (Phi) is 1.64. The standard InChI is InChI=1S/C9H10O3/c10-9(11)7-2-1-6-3-4-12-8(6)5-7/h3-4,7H,1-2,5H2,(H,10,11)/t7-/m1/s1. The Morgan fingerprint density at radius 2 is 2.50 bits per heavy atom. The first-order chi connectivity index (χ1) is 5.77. The molecule has 0 fully saturated rings. The summed E-state index contributed by atoms with van der Waals surface area (Å²) in [6, 6.07) is 1.92. The summed E-state index contributed by atoms with van der Waals surface area (Å²) in [6.07, 6.45) is 3.76. The zero-order chi connectivity index (χ0) is 8.55. The quantitative estimate of drug-likeness (QED) is 0.687. The predicted octanol–water partition coefficient (Wildman–Crippen LogP) is 1.47. The minimum Gasteiger partial charge on any atom is -0.481 e. The summed E-state index contributed by atoms with van der Waals surface area (Å²) < 4.78 is 5.17. The maximum atomic E-state index is 10.6. The molecule has 1 heterocycles. The number of carboxylic acids is 1. The molecule has 0 saturated heterocycles. The van der Waals surface area contributed by atoms with Gasteiger partial charge >= 0.3 is 5.97 Å². The molecule has 0 spiro atoms. The van der Waals surface area contributed by atoms with Gasteiger partial charge in [-0.15, -0.1) is 0 Å². The van der Waals surface area contributed by atoms with E-state index in [1.165, 1.54) is 5.56 Å². The van der Waals surface area contributed by atoms with Gasteiger partial charge in [-0.05, 0) is 24.5 Å². The van der Waals surface area contributed by atoms with E-state index in [0.29, 0.717) is 6.42 Å². The predicted molar refractivity (Wildman–Crippen MR) is 41.9 cm³/mol. The highest BCUT2D eigenvalue weighted by molar-refractivity contribution is 5.70. The van der Waals surface area contributed by atoms with Crippen molar-refractivity contribution in [3.63, 3.8) is 0 Å². The molecule has 0 amide bonds. The third-order valence-corrected chi connectivity index (χ3v) is 2.38. The lowest BCUT2D eigenvalue weighted by Crippen LogP contribution is -2.21. The molecule has 1 aliphatic carbocycles. The number of carboxylic acid groups (broad SMARTS) is 1. The fourth-order valence-electron chi connectivity index (χ4n) is 1.64. The number of furan rings is 1. The van der Waals surface area contributed by atoms with E-state index in [1.807, 2.05) is 6.07 Å². The number of hydrogen-bond acceptors (Lipinski definition) is 2. The van der Waals surface area contributed by atoms with Crippen molar-refractivity contribution in [1.82, 2.24) is 0 Å². The van der Waals surface area contributed by atoms with Crippen LogP contribution in [0.4, 0.5) is 0 Å². The van der Waals surface area contributed by atoms with Gasteiger partial charge < -0.3 is 9.52 Å². The number of fused-ring (bicyclic) bond motifs is 1. The molecule has 64 valence electrons. The van der Waals surface area contributed by atoms with Crippen molar-refractivity contribution >= 4 is 5.97 Å². The summed E-state index contributed by atoms with van der Waals surface area (Å²) >= 11 is 0. The zero-order valence-electron chi connectivity index (χ0n) is 6.62. The Labute approximate surface area is 70.0 Å². The largest absolute Gasteiger partial charge is 0.481 e. The lowest BCUT2D eigenvalue weighted by atomic mass is 9.89. The van der Waals surface area contributed by atoms with Crippen molar-refractivity contribution in [3.8, 4) is 0 Å². The van der Waals surface area contributed by atoms with Gasteiger partial charge in [0.2, 0.25) is 0 Å². The second-order valence-corrected chi connectivity index (χ2v) is 3.15. The molecule has 3 nitrogen and oxygen atoms in total. The van der Waals surface area contributed by atoms with Gasteiger partial charge in [-0.2, -0.15) is 0 Å². The van der Waals surface area contributed by atoms with Crippen LogP contribution in [-0.4, -0.2) is 11.1 Å². The van der Waals surface area contributed by atoms with Gasteiger partial charge in [-0.25, -0.2) is 0 Å². The van der Waals surface area contributed by atoms with Gasteiger partial charge in [0, 0.05) is 6.42 Å². The van der Waals surface area contributed by atoms with Gasteiger partial charge in [0.05, 0.1) is 12.2 Å². The molecule has 12 heavy (non-hydrogen) atoms. The summed E-state index contributed by atoms with van der Waals surface area (Å²) in [6.45, 7) is 0. The highest BCUT2D eigenvalue weighted by atomic mass is 16.4. The smallest absolute Gasteiger partial charge is 0.306 e. The third-order valence-electron chi connectivity index (χ3n) is 2.38. The number of rotatable bonds is 1. The highest BCUT2D eigenvalue weighted by Crippen LogP contribution is 2.26. The Hall–Kier alpha value is -1.25. The van der Waals surface area contributed by atoms with Gasteiger partial charge in [-0.3, -0.25) is 4.79 Å². The van der Waals surface area contributed by atoms with Crippen LogP contribution in [0.2, 0.25) is 0 Å². The fraction of sp³-hybridized carbons (Fsp3) is 0.444. The molecule has 1 N–H and O–H groups in total. The lowest BCUT2D eigenvalue weighted by molar-refractivity contribution is -0.142. The topological polar surface area (TPSA) is 50.4 Å². The maximum Gasteiger partial charge on any atom is 0.306 e. The van der Waals surface area contributed by atoms with Crippen molar-refractivity contribution in [2.24, 2.45) is 5.92 Å². The molecule has 0 bridgehead atoms. The Balaban J connectivity index is 2.20. The van der Waals surface area contributed by atoms with E-state index in [1.54, 1.807) is 6.26 Å². The Bertz CT molecular complexity index is 300. The molecule has 1 aromatic rings. The van der Waals surface area contributed by atoms with Gasteiger partial charge in [-0.1, -0.05) is 0 Å². The van der Waals surface area contributed by atoms with Gasteiger partial charge in [0.1, 0.15) is 5.76 Å². The van der Waals surface area contributed by atoms with Crippen LogP contribution < -0.4 is 0 Å². The molecular formula is C9H10O3. The molecule has 1 aromatic heterocycles. The first-order valence-corrected chi connectivity index (χ1v) is 4.05. The molecule has 1 atom stereocenters. The first kappa shape index (κ1) is 7.40. The van der Waals surface area contributed by atoms with E-state index in [9.17, 15) is 4.79 Å². The van der Waals surface area contributed by atoms with Crippen LogP contribution in [0.15, 0.2) is 16.7 Å². The van der Waals surface area contributed by atoms with E-state index >= 15 is 0 Å². The number of carbonyl (C=O) groups is 1. The molecule has 1 aliphatic rings.